The van der Waals surface area contributed by atoms with Crippen LogP contribution in [0.1, 0.15) is 22.3 Å². The summed E-state index contributed by atoms with van der Waals surface area (Å²) >= 11 is 0. The van der Waals surface area contributed by atoms with Gasteiger partial charge in [-0.25, -0.2) is 15.0 Å². The monoisotopic (exact) mass is 715 g/mol. The minimum absolute atomic E-state index is 0.483. The summed E-state index contributed by atoms with van der Waals surface area (Å²) in [4.78, 5) is 14.9. The minimum atomic E-state index is -0.483. The molecule has 0 N–H and O–H groups in total. The topological polar surface area (TPSA) is 51.8 Å². The molecule has 10 aromatic rings. The first kappa shape index (κ1) is 32.0. The van der Waals surface area contributed by atoms with Crippen LogP contribution in [-0.2, 0) is 5.41 Å². The first-order valence-corrected chi connectivity index (χ1v) is 18.9. The fraction of sp³-hybridized carbons (Fsp3) is 0.0192. The van der Waals surface area contributed by atoms with Crippen LogP contribution in [0.25, 0.3) is 78.4 Å². The Hall–Kier alpha value is -7.43. The van der Waals surface area contributed by atoms with Crippen molar-refractivity contribution in [2.24, 2.45) is 0 Å². The maximum atomic E-state index is 6.71. The first-order valence-electron chi connectivity index (χ1n) is 18.9. The number of hydrogen-bond acceptors (Lipinski definition) is 4. The van der Waals surface area contributed by atoms with Gasteiger partial charge in [0, 0.05) is 27.5 Å². The van der Waals surface area contributed by atoms with Gasteiger partial charge in [-0.1, -0.05) is 170 Å². The van der Waals surface area contributed by atoms with E-state index in [1.54, 1.807) is 0 Å². The second-order valence-corrected chi connectivity index (χ2v) is 14.4. The summed E-state index contributed by atoms with van der Waals surface area (Å²) in [7, 11) is 0. The molecule has 0 radical (unpaired) electrons. The molecule has 262 valence electrons. The molecule has 4 heteroatoms. The number of nitrogens with zero attached hydrogens (tertiary/aromatic N) is 3. The molecular weight excluding hydrogens is 683 g/mol. The number of aromatic nitrogens is 3. The molecule has 2 heterocycles. The Morgan fingerprint density at radius 2 is 0.821 bits per heavy atom. The molecule has 0 unspecified atom stereocenters. The molecule has 4 nitrogen and oxygen atoms in total. The standard InChI is InChI=1S/C52H33N3O/c1-5-16-34(17-6-1)49-53-50(35-18-7-2-8-19-35)55-51(54-49)38-21-15-20-36(30-38)37-28-29-47-43(31-37)44-32-42-41-26-13-14-27-45(41)52(39-22-9-3-10-23-39,40-24-11-4-12-25-40)46(42)33-48(44)56-47/h1-33H. The Bertz CT molecular complexity index is 2970. The Balaban J connectivity index is 1.06. The molecule has 11 rings (SSSR count). The molecule has 0 atom stereocenters. The Labute approximate surface area is 324 Å². The van der Waals surface area contributed by atoms with Crippen molar-refractivity contribution in [1.29, 1.82) is 0 Å². The van der Waals surface area contributed by atoms with Crippen molar-refractivity contribution >= 4 is 21.9 Å². The van der Waals surface area contributed by atoms with E-state index in [9.17, 15) is 0 Å². The second kappa shape index (κ2) is 12.9. The van der Waals surface area contributed by atoms with E-state index >= 15 is 0 Å². The molecule has 2 aromatic heterocycles. The molecule has 0 saturated heterocycles. The lowest BCUT2D eigenvalue weighted by Crippen LogP contribution is -2.28. The van der Waals surface area contributed by atoms with Gasteiger partial charge >= 0.3 is 0 Å². The zero-order valence-corrected chi connectivity index (χ0v) is 30.3. The number of hydrogen-bond donors (Lipinski definition) is 0. The van der Waals surface area contributed by atoms with Gasteiger partial charge in [-0.05, 0) is 74.8 Å². The SMILES string of the molecule is c1ccc(-c2nc(-c3ccccc3)nc(-c3cccc(-c4ccc5oc6cc7c(cc6c5c4)-c4ccccc4C7(c4ccccc4)c4ccccc4)c3)n2)cc1. The summed E-state index contributed by atoms with van der Waals surface area (Å²) in [6.07, 6.45) is 0. The van der Waals surface area contributed by atoms with Gasteiger partial charge < -0.3 is 4.42 Å². The highest BCUT2D eigenvalue weighted by Gasteiger charge is 2.46. The van der Waals surface area contributed by atoms with Gasteiger partial charge in [-0.3, -0.25) is 0 Å². The van der Waals surface area contributed by atoms with Crippen LogP contribution in [0.4, 0.5) is 0 Å². The average Bonchev–Trinajstić information content (AvgIpc) is 3.79. The first-order chi connectivity index (χ1) is 27.7. The van der Waals surface area contributed by atoms with E-state index in [1.165, 1.54) is 33.4 Å². The van der Waals surface area contributed by atoms with Crippen molar-refractivity contribution in [2.45, 2.75) is 5.41 Å². The summed E-state index contributed by atoms with van der Waals surface area (Å²) in [5.41, 5.74) is 13.7. The summed E-state index contributed by atoms with van der Waals surface area (Å²) in [6, 6.07) is 70.4. The highest BCUT2D eigenvalue weighted by Crippen LogP contribution is 2.57. The molecule has 0 saturated carbocycles. The predicted molar refractivity (Wildman–Crippen MR) is 226 cm³/mol. The zero-order chi connectivity index (χ0) is 37.1. The van der Waals surface area contributed by atoms with Crippen LogP contribution in [0.2, 0.25) is 0 Å². The number of benzene rings is 8. The van der Waals surface area contributed by atoms with Crippen LogP contribution in [0.5, 0.6) is 0 Å². The number of fused-ring (bicyclic) bond motifs is 6. The minimum Gasteiger partial charge on any atom is -0.456 e. The van der Waals surface area contributed by atoms with Crippen LogP contribution in [0.3, 0.4) is 0 Å². The highest BCUT2D eigenvalue weighted by atomic mass is 16.3. The smallest absolute Gasteiger partial charge is 0.164 e. The molecule has 0 amide bonds. The lowest BCUT2D eigenvalue weighted by molar-refractivity contribution is 0.666. The van der Waals surface area contributed by atoms with E-state index in [0.29, 0.717) is 17.5 Å². The maximum absolute atomic E-state index is 6.71. The van der Waals surface area contributed by atoms with Gasteiger partial charge in [-0.2, -0.15) is 0 Å². The van der Waals surface area contributed by atoms with Crippen molar-refractivity contribution in [3.63, 3.8) is 0 Å². The number of rotatable bonds is 6. The maximum Gasteiger partial charge on any atom is 0.164 e. The molecule has 1 aliphatic carbocycles. The van der Waals surface area contributed by atoms with E-state index in [-0.39, 0.29) is 0 Å². The normalized spacial score (nSPS) is 12.8. The fourth-order valence-corrected chi connectivity index (χ4v) is 8.67. The highest BCUT2D eigenvalue weighted by molar-refractivity contribution is 6.09. The van der Waals surface area contributed by atoms with Crippen LogP contribution in [0, 0.1) is 0 Å². The molecule has 8 aromatic carbocycles. The van der Waals surface area contributed by atoms with Crippen LogP contribution < -0.4 is 0 Å². The summed E-state index contributed by atoms with van der Waals surface area (Å²) in [5, 5.41) is 2.18. The van der Waals surface area contributed by atoms with E-state index in [2.05, 4.69) is 140 Å². The van der Waals surface area contributed by atoms with Crippen LogP contribution >= 0.6 is 0 Å². The Morgan fingerprint density at radius 3 is 1.46 bits per heavy atom. The van der Waals surface area contributed by atoms with Crippen molar-refractivity contribution in [2.75, 3.05) is 0 Å². The van der Waals surface area contributed by atoms with Crippen LogP contribution in [0.15, 0.2) is 205 Å². The van der Waals surface area contributed by atoms with E-state index in [1.807, 2.05) is 60.7 Å². The molecule has 0 spiro atoms. The van der Waals surface area contributed by atoms with Gasteiger partial charge in [0.15, 0.2) is 17.5 Å². The van der Waals surface area contributed by atoms with Gasteiger partial charge in [0.2, 0.25) is 0 Å². The van der Waals surface area contributed by atoms with E-state index in [0.717, 1.165) is 49.8 Å². The van der Waals surface area contributed by atoms with Gasteiger partial charge in [0.05, 0.1) is 5.41 Å². The summed E-state index contributed by atoms with van der Waals surface area (Å²) in [6.45, 7) is 0. The van der Waals surface area contributed by atoms with Gasteiger partial charge in [0.25, 0.3) is 0 Å². The Kier molecular flexibility index (Phi) is 7.36. The lowest BCUT2D eigenvalue weighted by Gasteiger charge is -2.33. The third-order valence-electron chi connectivity index (χ3n) is 11.2. The van der Waals surface area contributed by atoms with E-state index in [4.69, 9.17) is 19.4 Å². The molecule has 56 heavy (non-hydrogen) atoms. The zero-order valence-electron chi connectivity index (χ0n) is 30.3. The quantitative estimate of drug-likeness (QED) is 0.172. The Morgan fingerprint density at radius 1 is 0.321 bits per heavy atom. The molecule has 0 fully saturated rings. The van der Waals surface area contributed by atoms with E-state index < -0.39 is 5.41 Å². The van der Waals surface area contributed by atoms with Crippen molar-refractivity contribution < 1.29 is 4.42 Å². The fourth-order valence-electron chi connectivity index (χ4n) is 8.67. The average molecular weight is 716 g/mol. The van der Waals surface area contributed by atoms with Crippen molar-refractivity contribution in [1.82, 2.24) is 15.0 Å². The predicted octanol–water partition coefficient (Wildman–Crippen LogP) is 12.8. The molecule has 0 aliphatic heterocycles. The number of furan rings is 1. The molecule has 0 bridgehead atoms. The summed E-state index contributed by atoms with van der Waals surface area (Å²) < 4.78 is 6.71. The van der Waals surface area contributed by atoms with Crippen molar-refractivity contribution in [3.05, 3.63) is 222 Å². The van der Waals surface area contributed by atoms with Gasteiger partial charge in [-0.15, -0.1) is 0 Å². The molecular formula is C52H33N3O. The van der Waals surface area contributed by atoms with Crippen molar-refractivity contribution in [3.8, 4) is 56.4 Å². The second-order valence-electron chi connectivity index (χ2n) is 14.4. The van der Waals surface area contributed by atoms with Crippen LogP contribution in [-0.4, -0.2) is 15.0 Å². The third kappa shape index (κ3) is 5.04. The largest absolute Gasteiger partial charge is 0.456 e. The lowest BCUT2D eigenvalue weighted by atomic mass is 9.67. The third-order valence-corrected chi connectivity index (χ3v) is 11.2. The van der Waals surface area contributed by atoms with Gasteiger partial charge in [0.1, 0.15) is 11.2 Å². The summed E-state index contributed by atoms with van der Waals surface area (Å²) in [5.74, 6) is 1.91. The molecule has 1 aliphatic rings.